The lowest BCUT2D eigenvalue weighted by atomic mass is 9.90. The first-order valence-corrected chi connectivity index (χ1v) is 7.53. The number of fused-ring (bicyclic) bond motifs is 6. The molecule has 0 saturated heterocycles. The van der Waals surface area contributed by atoms with Gasteiger partial charge in [-0.3, -0.25) is 0 Å². The quantitative estimate of drug-likeness (QED) is 0.567. The third kappa shape index (κ3) is 1.78. The number of hydrogen-bond acceptors (Lipinski definition) is 6. The number of rotatable bonds is 2. The van der Waals surface area contributed by atoms with Gasteiger partial charge in [0.1, 0.15) is 12.5 Å². The van der Waals surface area contributed by atoms with Crippen LogP contribution in [-0.4, -0.2) is 31.8 Å². The first-order valence-electron chi connectivity index (χ1n) is 7.53. The molecule has 0 N–H and O–H groups in total. The van der Waals surface area contributed by atoms with Gasteiger partial charge >= 0.3 is 17.8 Å². The average molecular weight is 329 g/mol. The summed E-state index contributed by atoms with van der Waals surface area (Å²) in [5, 5.41) is 13.4. The SMILES string of the molecule is COC(=O)C1=C(C(=O)OC)[C@]2([O-])C[C@H]1c1oc3ccccc3[n+]1C2. The van der Waals surface area contributed by atoms with Gasteiger partial charge in [0.05, 0.1) is 19.8 Å². The molecule has 2 aliphatic rings. The molecule has 24 heavy (non-hydrogen) atoms. The van der Waals surface area contributed by atoms with Crippen molar-refractivity contribution >= 4 is 23.0 Å². The van der Waals surface area contributed by atoms with Gasteiger partial charge in [-0.25, -0.2) is 9.59 Å². The van der Waals surface area contributed by atoms with Crippen molar-refractivity contribution in [2.45, 2.75) is 24.5 Å². The van der Waals surface area contributed by atoms with Gasteiger partial charge in [0.2, 0.25) is 5.58 Å². The van der Waals surface area contributed by atoms with Crippen molar-refractivity contribution in [3.8, 4) is 0 Å². The highest BCUT2D eigenvalue weighted by Gasteiger charge is 2.56. The maximum atomic E-state index is 13.4. The van der Waals surface area contributed by atoms with E-state index in [1.807, 2.05) is 18.2 Å². The number of carbonyl (C=O) groups excluding carboxylic acids is 2. The van der Waals surface area contributed by atoms with Gasteiger partial charge < -0.3 is 19.0 Å². The standard InChI is InChI=1S/C17H15NO6/c1-22-15(19)12-9-7-17(21,13(12)16(20)23-2)8-18-10-5-3-4-6-11(10)24-14(9)18/h3-6,9H,7-8H2,1-2H3/t9-,17+/m1/s1. The van der Waals surface area contributed by atoms with E-state index in [1.165, 1.54) is 14.2 Å². The van der Waals surface area contributed by atoms with Gasteiger partial charge in [0.25, 0.3) is 5.52 Å². The van der Waals surface area contributed by atoms with E-state index in [0.717, 1.165) is 5.52 Å². The van der Waals surface area contributed by atoms with Crippen LogP contribution < -0.4 is 9.67 Å². The number of benzene rings is 1. The molecule has 4 rings (SSSR count). The number of methoxy groups -OCH3 is 2. The third-order valence-electron chi connectivity index (χ3n) is 4.75. The van der Waals surface area contributed by atoms with Crippen molar-refractivity contribution in [1.29, 1.82) is 0 Å². The maximum Gasteiger partial charge on any atom is 0.355 e. The third-order valence-corrected chi connectivity index (χ3v) is 4.75. The molecule has 1 aliphatic carbocycles. The van der Waals surface area contributed by atoms with Crippen LogP contribution in [0.5, 0.6) is 0 Å². The number of carbonyl (C=O) groups is 2. The van der Waals surface area contributed by atoms with Crippen LogP contribution in [0.3, 0.4) is 0 Å². The Kier molecular flexibility index (Phi) is 3.05. The largest absolute Gasteiger partial charge is 0.841 e. The zero-order chi connectivity index (χ0) is 17.1. The van der Waals surface area contributed by atoms with Crippen molar-refractivity contribution < 1.29 is 33.2 Å². The lowest BCUT2D eigenvalue weighted by Gasteiger charge is -2.36. The molecule has 0 saturated carbocycles. The minimum atomic E-state index is -1.74. The summed E-state index contributed by atoms with van der Waals surface area (Å²) in [4.78, 5) is 24.5. The molecule has 0 radical (unpaired) electrons. The fraction of sp³-hybridized carbons (Fsp3) is 0.353. The van der Waals surface area contributed by atoms with Crippen LogP contribution in [0.4, 0.5) is 0 Å². The Morgan fingerprint density at radius 1 is 1.25 bits per heavy atom. The van der Waals surface area contributed by atoms with Gasteiger partial charge in [0.15, 0.2) is 0 Å². The van der Waals surface area contributed by atoms with Crippen LogP contribution in [0.1, 0.15) is 18.2 Å². The Labute approximate surface area is 137 Å². The van der Waals surface area contributed by atoms with Crippen LogP contribution in [0, 0.1) is 0 Å². The van der Waals surface area contributed by atoms with Crippen molar-refractivity contribution in [2.24, 2.45) is 0 Å². The predicted octanol–water partition coefficient (Wildman–Crippen LogP) is -0.0371. The number of aromatic nitrogens is 1. The summed E-state index contributed by atoms with van der Waals surface area (Å²) >= 11 is 0. The molecule has 2 bridgehead atoms. The van der Waals surface area contributed by atoms with Gasteiger partial charge in [-0.2, -0.15) is 4.57 Å². The number of nitrogens with zero attached hydrogens (tertiary/aromatic N) is 1. The first-order chi connectivity index (χ1) is 11.5. The van der Waals surface area contributed by atoms with Gasteiger partial charge in [-0.15, -0.1) is 0 Å². The Morgan fingerprint density at radius 3 is 2.67 bits per heavy atom. The Balaban J connectivity index is 1.98. The van der Waals surface area contributed by atoms with E-state index < -0.39 is 23.5 Å². The summed E-state index contributed by atoms with van der Waals surface area (Å²) in [5.41, 5.74) is -0.458. The molecule has 2 atom stereocenters. The molecule has 1 aromatic heterocycles. The van der Waals surface area contributed by atoms with Crippen LogP contribution in [0.15, 0.2) is 39.8 Å². The fourth-order valence-corrected chi connectivity index (χ4v) is 3.79. The zero-order valence-corrected chi connectivity index (χ0v) is 13.2. The number of oxazole rings is 1. The number of hydrogen-bond donors (Lipinski definition) is 0. The molecule has 7 heteroatoms. The Hall–Kier alpha value is -2.67. The summed E-state index contributed by atoms with van der Waals surface area (Å²) in [5.74, 6) is -1.62. The molecule has 0 spiro atoms. The van der Waals surface area contributed by atoms with Gasteiger partial charge in [-0.05, 0) is 18.1 Å². The number of para-hydroxylation sites is 2. The molecule has 0 amide bonds. The van der Waals surface area contributed by atoms with E-state index in [9.17, 15) is 14.7 Å². The second kappa shape index (κ2) is 4.91. The minimum Gasteiger partial charge on any atom is -0.841 e. The fourth-order valence-electron chi connectivity index (χ4n) is 3.79. The minimum absolute atomic E-state index is 0.000768. The van der Waals surface area contributed by atoms with E-state index in [0.29, 0.717) is 11.5 Å². The van der Waals surface area contributed by atoms with Gasteiger partial charge in [0, 0.05) is 11.6 Å². The van der Waals surface area contributed by atoms with E-state index in [1.54, 1.807) is 10.6 Å². The highest BCUT2D eigenvalue weighted by Crippen LogP contribution is 2.48. The lowest BCUT2D eigenvalue weighted by molar-refractivity contribution is -0.730. The van der Waals surface area contributed by atoms with Crippen LogP contribution in [0.25, 0.3) is 11.1 Å². The van der Waals surface area contributed by atoms with Crippen LogP contribution >= 0.6 is 0 Å². The zero-order valence-electron chi connectivity index (χ0n) is 13.2. The van der Waals surface area contributed by atoms with Crippen LogP contribution in [-0.2, 0) is 25.6 Å². The maximum absolute atomic E-state index is 13.4. The number of ether oxygens (including phenoxy) is 2. The van der Waals surface area contributed by atoms with E-state index in [2.05, 4.69) is 0 Å². The molecule has 1 aliphatic heterocycles. The summed E-state index contributed by atoms with van der Waals surface area (Å²) in [6.45, 7) is 0.000768. The normalized spacial score (nSPS) is 24.9. The molecular formula is C17H15NO6. The summed E-state index contributed by atoms with van der Waals surface area (Å²) in [7, 11) is 2.41. The molecule has 0 fully saturated rings. The average Bonchev–Trinajstić information content (AvgIpc) is 3.07. The van der Waals surface area contributed by atoms with Crippen molar-refractivity contribution in [3.05, 3.63) is 41.3 Å². The molecule has 124 valence electrons. The smallest absolute Gasteiger partial charge is 0.355 e. The number of esters is 2. The molecule has 2 heterocycles. The summed E-state index contributed by atoms with van der Waals surface area (Å²) in [6, 6.07) is 7.32. The molecular weight excluding hydrogens is 314 g/mol. The van der Waals surface area contributed by atoms with Gasteiger partial charge in [-0.1, -0.05) is 12.1 Å². The second-order valence-electron chi connectivity index (χ2n) is 6.02. The molecule has 7 nitrogen and oxygen atoms in total. The van der Waals surface area contributed by atoms with Crippen LogP contribution in [0.2, 0.25) is 0 Å². The van der Waals surface area contributed by atoms with Crippen molar-refractivity contribution in [3.63, 3.8) is 0 Å². The first kappa shape index (κ1) is 14.9. The van der Waals surface area contributed by atoms with Crippen molar-refractivity contribution in [1.82, 2.24) is 0 Å². The summed E-state index contributed by atoms with van der Waals surface area (Å²) < 4.78 is 17.2. The van der Waals surface area contributed by atoms with E-state index in [4.69, 9.17) is 13.9 Å². The second-order valence-corrected chi connectivity index (χ2v) is 6.02. The monoisotopic (exact) mass is 329 g/mol. The highest BCUT2D eigenvalue weighted by atomic mass is 16.5. The highest BCUT2D eigenvalue weighted by molar-refractivity contribution is 6.04. The Morgan fingerprint density at radius 2 is 1.96 bits per heavy atom. The molecule has 2 aromatic rings. The predicted molar refractivity (Wildman–Crippen MR) is 77.6 cm³/mol. The van der Waals surface area contributed by atoms with E-state index in [-0.39, 0.29) is 24.1 Å². The van der Waals surface area contributed by atoms with Crippen molar-refractivity contribution in [2.75, 3.05) is 14.2 Å². The van der Waals surface area contributed by atoms with E-state index >= 15 is 0 Å². The topological polar surface area (TPSA) is 92.7 Å². The summed E-state index contributed by atoms with van der Waals surface area (Å²) in [6.07, 6.45) is 0.0711. The lowest BCUT2D eigenvalue weighted by Crippen LogP contribution is -2.60. The Bertz CT molecular complexity index is 911. The molecule has 0 unspecified atom stereocenters. The molecule has 1 aromatic carbocycles.